The van der Waals surface area contributed by atoms with E-state index in [1.54, 1.807) is 31.3 Å². The molecule has 3 N–H and O–H groups in total. The van der Waals surface area contributed by atoms with Crippen LogP contribution < -0.4 is 10.6 Å². The van der Waals surface area contributed by atoms with Crippen LogP contribution in [0.1, 0.15) is 21.3 Å². The van der Waals surface area contributed by atoms with E-state index in [0.29, 0.717) is 15.0 Å². The largest absolute Gasteiger partial charge is 0.394 e. The molecule has 0 saturated carbocycles. The van der Waals surface area contributed by atoms with Crippen molar-refractivity contribution in [2.24, 2.45) is 0 Å². The molecule has 2 aromatic rings. The van der Waals surface area contributed by atoms with E-state index < -0.39 is 6.04 Å². The number of aliphatic hydroxyl groups is 1. The van der Waals surface area contributed by atoms with Gasteiger partial charge in [-0.2, -0.15) is 0 Å². The molecule has 5 nitrogen and oxygen atoms in total. The Labute approximate surface area is 125 Å². The number of carbonyl (C=O) groups excluding carboxylic acids is 1. The Hall–Kier alpha value is -1.63. The molecule has 1 unspecified atom stereocenters. The minimum absolute atomic E-state index is 0.189. The Morgan fingerprint density at radius 1 is 1.45 bits per heavy atom. The summed E-state index contributed by atoms with van der Waals surface area (Å²) >= 11 is 7.07. The summed E-state index contributed by atoms with van der Waals surface area (Å²) < 4.78 is 0. The average molecular weight is 312 g/mol. The number of anilines is 1. The molecule has 1 amide bonds. The molecule has 20 heavy (non-hydrogen) atoms. The van der Waals surface area contributed by atoms with Gasteiger partial charge in [-0.15, -0.1) is 0 Å². The van der Waals surface area contributed by atoms with Crippen LogP contribution in [0.25, 0.3) is 0 Å². The molecule has 0 radical (unpaired) electrons. The lowest BCUT2D eigenvalue weighted by molar-refractivity contribution is 0.0920. The standard InChI is InChI=1S/C13H14ClN3O2S/c1-15-13-16-6-11(20-13)12(19)17-10(7-18)8-2-4-9(14)5-3-8/h2-6,10,18H,7H2,1H3,(H,15,16)(H,17,19). The number of benzene rings is 1. The maximum absolute atomic E-state index is 12.1. The zero-order valence-corrected chi connectivity index (χ0v) is 12.3. The van der Waals surface area contributed by atoms with E-state index in [1.165, 1.54) is 17.5 Å². The third-order valence-electron chi connectivity index (χ3n) is 2.70. The predicted molar refractivity (Wildman–Crippen MR) is 80.4 cm³/mol. The van der Waals surface area contributed by atoms with Crippen molar-refractivity contribution in [2.45, 2.75) is 6.04 Å². The van der Waals surface area contributed by atoms with Crippen LogP contribution in [0.3, 0.4) is 0 Å². The van der Waals surface area contributed by atoms with E-state index in [2.05, 4.69) is 15.6 Å². The Balaban J connectivity index is 2.09. The Bertz CT molecular complexity index is 586. The molecule has 0 spiro atoms. The van der Waals surface area contributed by atoms with Gasteiger partial charge in [0, 0.05) is 12.1 Å². The maximum atomic E-state index is 12.1. The molecule has 7 heteroatoms. The number of hydrogen-bond acceptors (Lipinski definition) is 5. The smallest absolute Gasteiger partial charge is 0.263 e. The Morgan fingerprint density at radius 2 is 2.15 bits per heavy atom. The van der Waals surface area contributed by atoms with Crippen LogP contribution in [0.4, 0.5) is 5.13 Å². The molecule has 1 heterocycles. The molecule has 0 aliphatic rings. The van der Waals surface area contributed by atoms with Crippen LogP contribution in [-0.4, -0.2) is 29.7 Å². The minimum atomic E-state index is -0.472. The van der Waals surface area contributed by atoms with E-state index in [1.807, 2.05) is 0 Å². The Morgan fingerprint density at radius 3 is 2.70 bits per heavy atom. The van der Waals surface area contributed by atoms with E-state index in [0.717, 1.165) is 5.56 Å². The molecule has 0 bridgehead atoms. The third-order valence-corrected chi connectivity index (χ3v) is 3.97. The van der Waals surface area contributed by atoms with Crippen molar-refractivity contribution in [3.05, 3.63) is 45.9 Å². The first-order valence-electron chi connectivity index (χ1n) is 5.95. The van der Waals surface area contributed by atoms with Crippen LogP contribution in [0.5, 0.6) is 0 Å². The van der Waals surface area contributed by atoms with Gasteiger partial charge in [-0.05, 0) is 17.7 Å². The highest BCUT2D eigenvalue weighted by molar-refractivity contribution is 7.17. The van der Waals surface area contributed by atoms with Crippen LogP contribution >= 0.6 is 22.9 Å². The lowest BCUT2D eigenvalue weighted by Gasteiger charge is -2.16. The third kappa shape index (κ3) is 3.47. The molecule has 1 atom stereocenters. The van der Waals surface area contributed by atoms with Crippen molar-refractivity contribution in [3.63, 3.8) is 0 Å². The highest BCUT2D eigenvalue weighted by Gasteiger charge is 2.16. The summed E-state index contributed by atoms with van der Waals surface area (Å²) in [6.45, 7) is -0.189. The number of thiazole rings is 1. The first kappa shape index (κ1) is 14.8. The van der Waals surface area contributed by atoms with Crippen molar-refractivity contribution in [3.8, 4) is 0 Å². The van der Waals surface area contributed by atoms with Crippen LogP contribution in [0, 0.1) is 0 Å². The zero-order chi connectivity index (χ0) is 14.5. The fourth-order valence-electron chi connectivity index (χ4n) is 1.65. The van der Waals surface area contributed by atoms with Crippen LogP contribution in [0.2, 0.25) is 5.02 Å². The minimum Gasteiger partial charge on any atom is -0.394 e. The first-order valence-corrected chi connectivity index (χ1v) is 7.14. The number of hydrogen-bond donors (Lipinski definition) is 3. The summed E-state index contributed by atoms with van der Waals surface area (Å²) in [6.07, 6.45) is 1.50. The number of aliphatic hydroxyl groups excluding tert-OH is 1. The number of halogens is 1. The maximum Gasteiger partial charge on any atom is 0.263 e. The molecular weight excluding hydrogens is 298 g/mol. The van der Waals surface area contributed by atoms with E-state index in [4.69, 9.17) is 11.6 Å². The predicted octanol–water partition coefficient (Wildman–Crippen LogP) is 2.30. The number of rotatable bonds is 5. The normalized spacial score (nSPS) is 11.9. The fraction of sp³-hybridized carbons (Fsp3) is 0.231. The summed E-state index contributed by atoms with van der Waals surface area (Å²) in [5.74, 6) is -0.266. The van der Waals surface area contributed by atoms with Gasteiger partial charge in [0.15, 0.2) is 5.13 Å². The molecule has 1 aromatic heterocycles. The molecule has 0 fully saturated rings. The average Bonchev–Trinajstić information content (AvgIpc) is 2.94. The van der Waals surface area contributed by atoms with Gasteiger partial charge in [0.25, 0.3) is 5.91 Å². The number of aromatic nitrogens is 1. The summed E-state index contributed by atoms with van der Waals surface area (Å²) in [4.78, 5) is 16.6. The monoisotopic (exact) mass is 311 g/mol. The summed E-state index contributed by atoms with van der Waals surface area (Å²) in [7, 11) is 1.74. The highest BCUT2D eigenvalue weighted by atomic mass is 35.5. The molecular formula is C13H14ClN3O2S. The van der Waals surface area contributed by atoms with Crippen molar-refractivity contribution in [1.82, 2.24) is 10.3 Å². The van der Waals surface area contributed by atoms with E-state index in [9.17, 15) is 9.90 Å². The molecule has 2 rings (SSSR count). The van der Waals surface area contributed by atoms with Crippen molar-refractivity contribution in [1.29, 1.82) is 0 Å². The lowest BCUT2D eigenvalue weighted by atomic mass is 10.1. The summed E-state index contributed by atoms with van der Waals surface area (Å²) in [5, 5.41) is 16.3. The van der Waals surface area contributed by atoms with Gasteiger partial charge < -0.3 is 15.7 Å². The van der Waals surface area contributed by atoms with Crippen molar-refractivity contribution in [2.75, 3.05) is 19.0 Å². The van der Waals surface area contributed by atoms with Gasteiger partial charge in [0.2, 0.25) is 0 Å². The molecule has 106 valence electrons. The number of nitrogens with zero attached hydrogens (tertiary/aromatic N) is 1. The first-order chi connectivity index (χ1) is 9.63. The fourth-order valence-corrected chi connectivity index (χ4v) is 2.45. The van der Waals surface area contributed by atoms with E-state index in [-0.39, 0.29) is 12.5 Å². The number of carbonyl (C=O) groups is 1. The number of amides is 1. The van der Waals surface area contributed by atoms with Crippen LogP contribution in [-0.2, 0) is 0 Å². The van der Waals surface area contributed by atoms with Gasteiger partial charge in [-0.25, -0.2) is 4.98 Å². The van der Waals surface area contributed by atoms with Gasteiger partial charge in [0.05, 0.1) is 18.8 Å². The molecule has 0 aliphatic heterocycles. The molecule has 0 saturated heterocycles. The summed E-state index contributed by atoms with van der Waals surface area (Å²) in [6, 6.07) is 6.51. The van der Waals surface area contributed by atoms with Crippen LogP contribution in [0.15, 0.2) is 30.5 Å². The van der Waals surface area contributed by atoms with Gasteiger partial charge in [0.1, 0.15) is 4.88 Å². The van der Waals surface area contributed by atoms with Crippen molar-refractivity contribution >= 4 is 34.0 Å². The summed E-state index contributed by atoms with van der Waals surface area (Å²) in [5.41, 5.74) is 0.795. The quantitative estimate of drug-likeness (QED) is 0.792. The highest BCUT2D eigenvalue weighted by Crippen LogP contribution is 2.20. The number of nitrogens with one attached hydrogen (secondary N) is 2. The second-order valence-corrected chi connectivity index (χ2v) is 5.51. The Kier molecular flexibility index (Phi) is 4.94. The van der Waals surface area contributed by atoms with Gasteiger partial charge >= 0.3 is 0 Å². The molecule has 1 aromatic carbocycles. The van der Waals surface area contributed by atoms with Gasteiger partial charge in [-0.1, -0.05) is 35.1 Å². The SMILES string of the molecule is CNc1ncc(C(=O)NC(CO)c2ccc(Cl)cc2)s1. The lowest BCUT2D eigenvalue weighted by Crippen LogP contribution is -2.30. The van der Waals surface area contributed by atoms with Gasteiger partial charge in [-0.3, -0.25) is 4.79 Å². The molecule has 0 aliphatic carbocycles. The second-order valence-electron chi connectivity index (χ2n) is 4.04. The van der Waals surface area contributed by atoms with Crippen molar-refractivity contribution < 1.29 is 9.90 Å². The van der Waals surface area contributed by atoms with E-state index >= 15 is 0 Å². The second kappa shape index (κ2) is 6.69. The topological polar surface area (TPSA) is 74.2 Å². The zero-order valence-electron chi connectivity index (χ0n) is 10.8.